The number of rotatable bonds is 2. The third-order valence-electron chi connectivity index (χ3n) is 4.00. The van der Waals surface area contributed by atoms with Gasteiger partial charge in [0.2, 0.25) is 5.91 Å². The first-order chi connectivity index (χ1) is 7.49. The van der Waals surface area contributed by atoms with Crippen molar-refractivity contribution >= 4 is 5.91 Å². The number of amides is 1. The van der Waals surface area contributed by atoms with Gasteiger partial charge >= 0.3 is 0 Å². The molecular formula is C12H22N2O2. The smallest absolute Gasteiger partial charge is 0.237 e. The lowest BCUT2D eigenvalue weighted by Crippen LogP contribution is -2.48. The lowest BCUT2D eigenvalue weighted by atomic mass is 9.87. The Morgan fingerprint density at radius 3 is 2.75 bits per heavy atom. The quantitative estimate of drug-likeness (QED) is 0.639. The van der Waals surface area contributed by atoms with Gasteiger partial charge in [-0.1, -0.05) is 20.3 Å². The van der Waals surface area contributed by atoms with Crippen LogP contribution in [0.4, 0.5) is 0 Å². The molecule has 0 bridgehead atoms. The van der Waals surface area contributed by atoms with Gasteiger partial charge < -0.3 is 15.7 Å². The number of aliphatic hydroxyl groups is 1. The topological polar surface area (TPSA) is 61.4 Å². The molecule has 0 aromatic rings. The van der Waals surface area contributed by atoms with Crippen molar-refractivity contribution in [3.05, 3.63) is 0 Å². The summed E-state index contributed by atoms with van der Waals surface area (Å²) < 4.78 is 0. The normalized spacial score (nSPS) is 37.6. The molecule has 0 aromatic carbocycles. The predicted octanol–water partition coefficient (Wildman–Crippen LogP) is 0.404. The highest BCUT2D eigenvalue weighted by Gasteiger charge is 2.37. The van der Waals surface area contributed by atoms with E-state index in [4.69, 9.17) is 0 Å². The van der Waals surface area contributed by atoms with E-state index >= 15 is 0 Å². The molecule has 0 aromatic heterocycles. The zero-order valence-electron chi connectivity index (χ0n) is 10.1. The van der Waals surface area contributed by atoms with Gasteiger partial charge in [-0.25, -0.2) is 0 Å². The highest BCUT2D eigenvalue weighted by molar-refractivity contribution is 5.82. The molecule has 3 atom stereocenters. The minimum atomic E-state index is -0.368. The molecule has 0 radical (unpaired) electrons. The molecule has 1 heterocycles. The lowest BCUT2D eigenvalue weighted by Gasteiger charge is -2.28. The highest BCUT2D eigenvalue weighted by atomic mass is 16.3. The number of hydrogen-bond donors (Lipinski definition) is 3. The molecule has 3 unspecified atom stereocenters. The molecule has 1 aliphatic heterocycles. The Balaban J connectivity index is 1.87. The van der Waals surface area contributed by atoms with Crippen LogP contribution >= 0.6 is 0 Å². The predicted molar refractivity (Wildman–Crippen MR) is 62.0 cm³/mol. The van der Waals surface area contributed by atoms with Crippen LogP contribution in [0.5, 0.6) is 0 Å². The fraction of sp³-hybridized carbons (Fsp3) is 0.917. The van der Waals surface area contributed by atoms with Gasteiger partial charge in [0.1, 0.15) is 0 Å². The van der Waals surface area contributed by atoms with Crippen molar-refractivity contribution in [3.63, 3.8) is 0 Å². The molecule has 3 N–H and O–H groups in total. The van der Waals surface area contributed by atoms with Gasteiger partial charge in [0, 0.05) is 12.6 Å². The zero-order chi connectivity index (χ0) is 11.8. The van der Waals surface area contributed by atoms with Crippen LogP contribution in [0.2, 0.25) is 0 Å². The molecule has 2 fully saturated rings. The fourth-order valence-corrected chi connectivity index (χ4v) is 2.78. The Morgan fingerprint density at radius 1 is 1.50 bits per heavy atom. The van der Waals surface area contributed by atoms with E-state index < -0.39 is 0 Å². The van der Waals surface area contributed by atoms with Crippen LogP contribution in [0, 0.1) is 5.41 Å². The molecule has 1 saturated carbocycles. The monoisotopic (exact) mass is 226 g/mol. The van der Waals surface area contributed by atoms with Gasteiger partial charge in [-0.05, 0) is 24.7 Å². The Kier molecular flexibility index (Phi) is 3.22. The number of nitrogens with one attached hydrogen (secondary N) is 2. The summed E-state index contributed by atoms with van der Waals surface area (Å²) in [7, 11) is 0. The SMILES string of the molecule is CC1(C)CCCC1NC(=O)C1CC(O)CN1. The first kappa shape index (κ1) is 11.9. The maximum atomic E-state index is 11.9. The lowest BCUT2D eigenvalue weighted by molar-refractivity contribution is -0.124. The fourth-order valence-electron chi connectivity index (χ4n) is 2.78. The summed E-state index contributed by atoms with van der Waals surface area (Å²) in [5.74, 6) is 0.0523. The summed E-state index contributed by atoms with van der Waals surface area (Å²) in [6, 6.07) is 0.0888. The minimum absolute atomic E-state index is 0.0523. The number of aliphatic hydroxyl groups excluding tert-OH is 1. The van der Waals surface area contributed by atoms with E-state index in [0.717, 1.165) is 6.42 Å². The minimum Gasteiger partial charge on any atom is -0.392 e. The van der Waals surface area contributed by atoms with Crippen LogP contribution in [0.3, 0.4) is 0 Å². The summed E-state index contributed by atoms with van der Waals surface area (Å²) in [6.07, 6.45) is 3.62. The second kappa shape index (κ2) is 4.34. The molecule has 2 aliphatic rings. The van der Waals surface area contributed by atoms with Crippen LogP contribution in [0.15, 0.2) is 0 Å². The van der Waals surface area contributed by atoms with E-state index in [9.17, 15) is 9.90 Å². The maximum absolute atomic E-state index is 11.9. The third-order valence-corrected chi connectivity index (χ3v) is 4.00. The molecule has 92 valence electrons. The average Bonchev–Trinajstić information content (AvgIpc) is 2.74. The molecule has 16 heavy (non-hydrogen) atoms. The Hall–Kier alpha value is -0.610. The van der Waals surface area contributed by atoms with Crippen LogP contribution in [0.1, 0.15) is 39.5 Å². The summed E-state index contributed by atoms with van der Waals surface area (Å²) in [5.41, 5.74) is 0.215. The first-order valence-electron chi connectivity index (χ1n) is 6.21. The third kappa shape index (κ3) is 2.38. The molecule has 2 rings (SSSR count). The van der Waals surface area contributed by atoms with E-state index in [1.807, 2.05) is 0 Å². The number of carbonyl (C=O) groups is 1. The largest absolute Gasteiger partial charge is 0.392 e. The molecule has 1 saturated heterocycles. The Bertz CT molecular complexity index is 278. The number of β-amino-alcohol motifs (C(OH)–C–C–N with tert-alkyl or cyclic N) is 1. The maximum Gasteiger partial charge on any atom is 0.237 e. The standard InChI is InChI=1S/C12H22N2O2/c1-12(2)5-3-4-10(12)14-11(16)9-6-8(15)7-13-9/h8-10,13,15H,3-7H2,1-2H3,(H,14,16). The van der Waals surface area contributed by atoms with Gasteiger partial charge in [0.15, 0.2) is 0 Å². The summed E-state index contributed by atoms with van der Waals surface area (Å²) in [4.78, 5) is 11.9. The zero-order valence-corrected chi connectivity index (χ0v) is 10.1. The average molecular weight is 226 g/mol. The Labute approximate surface area is 96.8 Å². The van der Waals surface area contributed by atoms with Gasteiger partial charge in [-0.15, -0.1) is 0 Å². The van der Waals surface area contributed by atoms with Gasteiger partial charge in [-0.3, -0.25) is 4.79 Å². The van der Waals surface area contributed by atoms with Crippen molar-refractivity contribution in [2.24, 2.45) is 5.41 Å². The van der Waals surface area contributed by atoms with Crippen molar-refractivity contribution in [1.82, 2.24) is 10.6 Å². The van der Waals surface area contributed by atoms with E-state index in [0.29, 0.717) is 19.0 Å². The van der Waals surface area contributed by atoms with E-state index in [1.54, 1.807) is 0 Å². The Morgan fingerprint density at radius 2 is 2.25 bits per heavy atom. The van der Waals surface area contributed by atoms with Crippen molar-refractivity contribution in [2.45, 2.75) is 57.7 Å². The van der Waals surface area contributed by atoms with Gasteiger partial charge in [-0.2, -0.15) is 0 Å². The van der Waals surface area contributed by atoms with Crippen molar-refractivity contribution in [2.75, 3.05) is 6.54 Å². The molecular weight excluding hydrogens is 204 g/mol. The number of hydrogen-bond acceptors (Lipinski definition) is 3. The molecule has 1 aliphatic carbocycles. The van der Waals surface area contributed by atoms with Crippen LogP contribution < -0.4 is 10.6 Å². The molecule has 1 amide bonds. The second-order valence-corrected chi connectivity index (χ2v) is 5.79. The molecule has 0 spiro atoms. The summed E-state index contributed by atoms with van der Waals surface area (Å²) in [6.45, 7) is 4.95. The van der Waals surface area contributed by atoms with Gasteiger partial charge in [0.05, 0.1) is 12.1 Å². The van der Waals surface area contributed by atoms with Crippen molar-refractivity contribution in [1.29, 1.82) is 0 Å². The van der Waals surface area contributed by atoms with Crippen molar-refractivity contribution in [3.8, 4) is 0 Å². The van der Waals surface area contributed by atoms with Crippen LogP contribution in [0.25, 0.3) is 0 Å². The van der Waals surface area contributed by atoms with Crippen molar-refractivity contribution < 1.29 is 9.90 Å². The number of carbonyl (C=O) groups excluding carboxylic acids is 1. The first-order valence-corrected chi connectivity index (χ1v) is 6.21. The summed E-state index contributed by atoms with van der Waals surface area (Å²) >= 11 is 0. The second-order valence-electron chi connectivity index (χ2n) is 5.79. The van der Waals surface area contributed by atoms with E-state index in [-0.39, 0.29) is 23.5 Å². The van der Waals surface area contributed by atoms with Crippen LogP contribution in [-0.2, 0) is 4.79 Å². The molecule has 4 heteroatoms. The van der Waals surface area contributed by atoms with E-state index in [1.165, 1.54) is 12.8 Å². The highest BCUT2D eigenvalue weighted by Crippen LogP contribution is 2.37. The van der Waals surface area contributed by atoms with Crippen LogP contribution in [-0.4, -0.2) is 35.7 Å². The molecule has 4 nitrogen and oxygen atoms in total. The van der Waals surface area contributed by atoms with Gasteiger partial charge in [0.25, 0.3) is 0 Å². The van der Waals surface area contributed by atoms with E-state index in [2.05, 4.69) is 24.5 Å². The summed E-state index contributed by atoms with van der Waals surface area (Å²) in [5, 5.41) is 15.5.